The van der Waals surface area contributed by atoms with Crippen LogP contribution in [0.4, 0.5) is 0 Å². The van der Waals surface area contributed by atoms with Gasteiger partial charge in [0.2, 0.25) is 0 Å². The Kier molecular flexibility index (Phi) is 4.47. The maximum absolute atomic E-state index is 13.0. The van der Waals surface area contributed by atoms with Gasteiger partial charge in [-0.3, -0.25) is 14.4 Å². The maximum Gasteiger partial charge on any atom is 0.344 e. The van der Waals surface area contributed by atoms with E-state index in [1.165, 1.54) is 25.3 Å². The van der Waals surface area contributed by atoms with Gasteiger partial charge in [0.05, 0.1) is 40.4 Å². The van der Waals surface area contributed by atoms with Gasteiger partial charge in [-0.05, 0) is 44.2 Å². The van der Waals surface area contributed by atoms with Crippen molar-refractivity contribution in [1.29, 1.82) is 0 Å². The highest BCUT2D eigenvalue weighted by atomic mass is 16.5. The van der Waals surface area contributed by atoms with Gasteiger partial charge in [0.25, 0.3) is 5.56 Å². The highest BCUT2D eigenvalue weighted by Crippen LogP contribution is 2.40. The number of methoxy groups -OCH3 is 1. The Morgan fingerprint density at radius 2 is 1.81 bits per heavy atom. The number of rotatable bonds is 3. The van der Waals surface area contributed by atoms with Crippen molar-refractivity contribution in [2.75, 3.05) is 7.11 Å². The Morgan fingerprint density at radius 3 is 2.53 bits per heavy atom. The highest BCUT2D eigenvalue weighted by Gasteiger charge is 2.39. The molecule has 0 fully saturated rings. The fraction of sp³-hybridized carbons (Fsp3) is 0.217. The molecule has 9 nitrogen and oxygen atoms in total. The Balaban J connectivity index is 1.87. The van der Waals surface area contributed by atoms with Crippen molar-refractivity contribution < 1.29 is 19.1 Å². The molecule has 0 aliphatic carbocycles. The molecule has 2 aliphatic heterocycles. The van der Waals surface area contributed by atoms with Crippen molar-refractivity contribution in [3.8, 4) is 0 Å². The molecule has 1 aromatic heterocycles. The Bertz CT molecular complexity index is 1530. The van der Waals surface area contributed by atoms with Gasteiger partial charge < -0.3 is 9.47 Å². The Hall–Kier alpha value is -4.14. The number of fused-ring (bicyclic) bond motifs is 6. The number of aromatic nitrogens is 2. The second-order valence-electron chi connectivity index (χ2n) is 7.65. The summed E-state index contributed by atoms with van der Waals surface area (Å²) in [4.78, 5) is 51.6. The molecule has 0 spiro atoms. The van der Waals surface area contributed by atoms with Gasteiger partial charge in [-0.1, -0.05) is 12.1 Å². The summed E-state index contributed by atoms with van der Waals surface area (Å²) in [5.41, 5.74) is 0.556. The highest BCUT2D eigenvalue weighted by molar-refractivity contribution is 6.18. The minimum atomic E-state index is -0.738. The molecule has 32 heavy (non-hydrogen) atoms. The minimum absolute atomic E-state index is 0.0874. The molecule has 3 aromatic rings. The molecule has 0 radical (unpaired) electrons. The third-order valence-corrected chi connectivity index (χ3v) is 5.24. The zero-order valence-corrected chi connectivity index (χ0v) is 17.5. The average molecular weight is 430 g/mol. The quantitative estimate of drug-likeness (QED) is 0.579. The molecule has 0 N–H and O–H groups in total. The predicted molar refractivity (Wildman–Crippen MR) is 113 cm³/mol. The molecular formula is C23H18N4O5. The molecule has 0 bridgehead atoms. The number of benzene rings is 2. The molecule has 1 unspecified atom stereocenters. The topological polar surface area (TPSA) is 112 Å². The van der Waals surface area contributed by atoms with Gasteiger partial charge in [-0.15, -0.1) is 0 Å². The van der Waals surface area contributed by atoms with Crippen LogP contribution in [0, 0.1) is 0 Å². The average Bonchev–Trinajstić information content (AvgIpc) is 3.09. The van der Waals surface area contributed by atoms with Crippen molar-refractivity contribution in [3.05, 3.63) is 80.6 Å². The molecule has 1 atom stereocenters. The van der Waals surface area contributed by atoms with Crippen LogP contribution in [0.3, 0.4) is 0 Å². The monoisotopic (exact) mass is 430 g/mol. The molecule has 0 amide bonds. The third-order valence-electron chi connectivity index (χ3n) is 5.24. The summed E-state index contributed by atoms with van der Waals surface area (Å²) in [6, 6.07) is 11.8. The number of carbonyl (C=O) groups excluding carboxylic acids is 2. The van der Waals surface area contributed by atoms with Crippen LogP contribution in [0.2, 0.25) is 0 Å². The zero-order valence-electron chi connectivity index (χ0n) is 17.5. The summed E-state index contributed by atoms with van der Waals surface area (Å²) in [6.45, 7) is 3.47. The van der Waals surface area contributed by atoms with Crippen molar-refractivity contribution in [2.24, 2.45) is 9.98 Å². The van der Waals surface area contributed by atoms with Crippen LogP contribution < -0.4 is 16.3 Å². The van der Waals surface area contributed by atoms with Crippen molar-refractivity contribution in [3.63, 3.8) is 0 Å². The lowest BCUT2D eigenvalue weighted by molar-refractivity contribution is -0.140. The molecule has 2 aliphatic rings. The number of nitrogens with zero attached hydrogens (tertiary/aromatic N) is 4. The van der Waals surface area contributed by atoms with Crippen molar-refractivity contribution in [2.45, 2.75) is 26.1 Å². The number of ether oxygens (including phenoxy) is 2. The van der Waals surface area contributed by atoms with Crippen LogP contribution in [0.1, 0.15) is 36.2 Å². The van der Waals surface area contributed by atoms with E-state index in [0.717, 1.165) is 0 Å². The van der Waals surface area contributed by atoms with Gasteiger partial charge in [0.1, 0.15) is 11.3 Å². The van der Waals surface area contributed by atoms with E-state index in [1.54, 1.807) is 24.5 Å². The van der Waals surface area contributed by atoms with E-state index >= 15 is 0 Å². The number of esters is 2. The van der Waals surface area contributed by atoms with E-state index in [2.05, 4.69) is 9.98 Å². The molecule has 0 saturated carbocycles. The largest absolute Gasteiger partial charge is 0.465 e. The smallest absolute Gasteiger partial charge is 0.344 e. The van der Waals surface area contributed by atoms with Crippen LogP contribution in [0.5, 0.6) is 0 Å². The second kappa shape index (κ2) is 7.23. The van der Waals surface area contributed by atoms with Gasteiger partial charge in [-0.2, -0.15) is 4.98 Å². The molecule has 3 heterocycles. The molecule has 5 rings (SSSR count). The molecule has 2 aromatic carbocycles. The third kappa shape index (κ3) is 2.93. The zero-order chi connectivity index (χ0) is 22.6. The Labute approximate surface area is 181 Å². The molecule has 0 saturated heterocycles. The van der Waals surface area contributed by atoms with Crippen molar-refractivity contribution >= 4 is 28.4 Å². The van der Waals surface area contributed by atoms with E-state index in [4.69, 9.17) is 14.5 Å². The maximum atomic E-state index is 13.0. The standard InChI is InChI=1S/C23H18N4O5/c1-11(2)32-23(30)17-18-20(25-15-7-5-4-6-14(15)24-18)27-16-10-12(22(29)31-3)8-9-13(16)21(28)26-19(17)27/h4-11,20H,1-3H3. The first-order chi connectivity index (χ1) is 15.4. The van der Waals surface area contributed by atoms with Gasteiger partial charge in [0, 0.05) is 0 Å². The van der Waals surface area contributed by atoms with Gasteiger partial charge >= 0.3 is 11.9 Å². The first kappa shape index (κ1) is 19.8. The SMILES string of the molecule is COC(=O)c1ccc2c(=O)nc3n(c2c1)C1N=c2ccccc2=NC1=C3C(=O)OC(C)C. The summed E-state index contributed by atoms with van der Waals surface area (Å²) >= 11 is 0. The van der Waals surface area contributed by atoms with Crippen LogP contribution >= 0.6 is 0 Å². The van der Waals surface area contributed by atoms with Crippen LogP contribution in [-0.2, 0) is 14.3 Å². The fourth-order valence-electron chi connectivity index (χ4n) is 3.90. The first-order valence-electron chi connectivity index (χ1n) is 10.0. The summed E-state index contributed by atoms with van der Waals surface area (Å²) in [7, 11) is 1.28. The summed E-state index contributed by atoms with van der Waals surface area (Å²) < 4.78 is 11.9. The van der Waals surface area contributed by atoms with Gasteiger partial charge in [0.15, 0.2) is 12.0 Å². The number of hydrogen-bond donors (Lipinski definition) is 0. The first-order valence-corrected chi connectivity index (χ1v) is 10.0. The van der Waals surface area contributed by atoms with E-state index in [-0.39, 0.29) is 28.5 Å². The van der Waals surface area contributed by atoms with Crippen molar-refractivity contribution in [1.82, 2.24) is 9.55 Å². The number of para-hydroxylation sites is 2. The molecular weight excluding hydrogens is 412 g/mol. The predicted octanol–water partition coefficient (Wildman–Crippen LogP) is 1.31. The van der Waals surface area contributed by atoms with E-state index < -0.39 is 23.7 Å². The number of carbonyl (C=O) groups is 2. The van der Waals surface area contributed by atoms with Crippen LogP contribution in [0.25, 0.3) is 16.5 Å². The van der Waals surface area contributed by atoms with E-state index in [1.807, 2.05) is 18.2 Å². The lowest BCUT2D eigenvalue weighted by atomic mass is 10.1. The van der Waals surface area contributed by atoms with Gasteiger partial charge in [-0.25, -0.2) is 14.6 Å². The lowest BCUT2D eigenvalue weighted by Crippen LogP contribution is -2.31. The summed E-state index contributed by atoms with van der Waals surface area (Å²) in [5, 5.41) is 1.53. The Morgan fingerprint density at radius 1 is 1.06 bits per heavy atom. The number of hydrogen-bond acceptors (Lipinski definition) is 8. The summed E-state index contributed by atoms with van der Waals surface area (Å²) in [5.74, 6) is -1.08. The van der Waals surface area contributed by atoms with Crippen LogP contribution in [0.15, 0.2) is 62.9 Å². The molecule has 160 valence electrons. The molecule has 9 heteroatoms. The van der Waals surface area contributed by atoms with E-state index in [0.29, 0.717) is 21.9 Å². The lowest BCUT2D eigenvalue weighted by Gasteiger charge is -2.17. The van der Waals surface area contributed by atoms with Crippen LogP contribution in [-0.4, -0.2) is 34.7 Å². The minimum Gasteiger partial charge on any atom is -0.465 e. The summed E-state index contributed by atoms with van der Waals surface area (Å²) in [6.07, 6.45) is -1.12. The second-order valence-corrected chi connectivity index (χ2v) is 7.65. The normalized spacial score (nSPS) is 16.1. The van der Waals surface area contributed by atoms with E-state index in [9.17, 15) is 14.4 Å². The fourth-order valence-corrected chi connectivity index (χ4v) is 3.90.